The molecule has 1 heterocycles. The third kappa shape index (κ3) is 2.11. The number of nitrogens with zero attached hydrogens (tertiary/aromatic N) is 2. The molecule has 0 radical (unpaired) electrons. The van der Waals surface area contributed by atoms with Crippen molar-refractivity contribution < 1.29 is 18.3 Å². The van der Waals surface area contributed by atoms with Gasteiger partial charge in [0.1, 0.15) is 11.6 Å². The number of aromatic hydroxyl groups is 1. The molecular weight excluding hydrogens is 247 g/mol. The van der Waals surface area contributed by atoms with Gasteiger partial charge in [-0.15, -0.1) is 0 Å². The molecule has 96 valence electrons. The second-order valence-electron chi connectivity index (χ2n) is 3.81. The minimum Gasteiger partial charge on any atom is -0.507 e. The van der Waals surface area contributed by atoms with Gasteiger partial charge >= 0.3 is 6.18 Å². The topological polar surface area (TPSA) is 64.1 Å². The average molecular weight is 257 g/mol. The third-order valence-electron chi connectivity index (χ3n) is 2.52. The zero-order valence-corrected chi connectivity index (χ0v) is 9.36. The molecule has 2 aromatic rings. The van der Waals surface area contributed by atoms with Gasteiger partial charge in [0.25, 0.3) is 0 Å². The van der Waals surface area contributed by atoms with E-state index in [1.165, 1.54) is 10.7 Å². The van der Waals surface area contributed by atoms with E-state index < -0.39 is 11.7 Å². The van der Waals surface area contributed by atoms with Crippen molar-refractivity contribution in [2.75, 3.05) is 5.73 Å². The first-order valence-electron chi connectivity index (χ1n) is 4.99. The summed E-state index contributed by atoms with van der Waals surface area (Å²) in [6.07, 6.45) is -4.47. The highest BCUT2D eigenvalue weighted by Crippen LogP contribution is 2.36. The molecule has 0 saturated heterocycles. The van der Waals surface area contributed by atoms with Crippen LogP contribution in [0.15, 0.2) is 24.3 Å². The number of alkyl halides is 3. The largest absolute Gasteiger partial charge is 0.507 e. The van der Waals surface area contributed by atoms with Gasteiger partial charge in [0, 0.05) is 18.7 Å². The van der Waals surface area contributed by atoms with E-state index in [0.717, 1.165) is 18.2 Å². The lowest BCUT2D eigenvalue weighted by atomic mass is 10.1. The van der Waals surface area contributed by atoms with Gasteiger partial charge in [-0.3, -0.25) is 4.68 Å². The first-order chi connectivity index (χ1) is 8.29. The second kappa shape index (κ2) is 3.94. The van der Waals surface area contributed by atoms with Gasteiger partial charge in [-0.05, 0) is 18.2 Å². The molecule has 0 aliphatic rings. The molecule has 3 N–H and O–H groups in total. The van der Waals surface area contributed by atoms with Gasteiger partial charge < -0.3 is 10.8 Å². The van der Waals surface area contributed by atoms with Crippen molar-refractivity contribution >= 4 is 5.82 Å². The molecule has 4 nitrogen and oxygen atoms in total. The van der Waals surface area contributed by atoms with E-state index in [0.29, 0.717) is 5.82 Å². The van der Waals surface area contributed by atoms with Crippen molar-refractivity contribution in [3.63, 3.8) is 0 Å². The van der Waals surface area contributed by atoms with Crippen LogP contribution in [0.1, 0.15) is 5.56 Å². The van der Waals surface area contributed by atoms with Crippen LogP contribution >= 0.6 is 0 Å². The van der Waals surface area contributed by atoms with Crippen LogP contribution in [0.25, 0.3) is 11.3 Å². The highest BCUT2D eigenvalue weighted by atomic mass is 19.4. The zero-order chi connectivity index (χ0) is 13.5. The van der Waals surface area contributed by atoms with E-state index in [9.17, 15) is 18.3 Å². The Kier molecular flexibility index (Phi) is 2.68. The van der Waals surface area contributed by atoms with Crippen LogP contribution in [-0.4, -0.2) is 14.9 Å². The van der Waals surface area contributed by atoms with Crippen molar-refractivity contribution in [2.45, 2.75) is 6.18 Å². The SMILES string of the molecule is Cn1nc(-c2cc(C(F)(F)F)ccc2O)cc1N. The number of anilines is 1. The van der Waals surface area contributed by atoms with Crippen LogP contribution in [0.5, 0.6) is 5.75 Å². The maximum Gasteiger partial charge on any atom is 0.416 e. The van der Waals surface area contributed by atoms with Gasteiger partial charge in [-0.1, -0.05) is 0 Å². The molecule has 0 atom stereocenters. The number of hydrogen-bond acceptors (Lipinski definition) is 3. The fraction of sp³-hybridized carbons (Fsp3) is 0.182. The first kappa shape index (κ1) is 12.3. The maximum atomic E-state index is 12.6. The molecular formula is C11H10F3N3O. The number of hydrogen-bond donors (Lipinski definition) is 2. The lowest BCUT2D eigenvalue weighted by Gasteiger charge is -2.09. The van der Waals surface area contributed by atoms with E-state index in [1.54, 1.807) is 7.05 Å². The lowest BCUT2D eigenvalue weighted by Crippen LogP contribution is -2.04. The molecule has 0 aliphatic carbocycles. The predicted octanol–water partition coefficient (Wildman–Crippen LogP) is 2.39. The van der Waals surface area contributed by atoms with Crippen molar-refractivity contribution in [3.8, 4) is 17.0 Å². The van der Waals surface area contributed by atoms with Gasteiger partial charge in [0.2, 0.25) is 0 Å². The quantitative estimate of drug-likeness (QED) is 0.824. The number of nitrogens with two attached hydrogens (primary N) is 1. The van der Waals surface area contributed by atoms with Crippen molar-refractivity contribution in [1.82, 2.24) is 9.78 Å². The second-order valence-corrected chi connectivity index (χ2v) is 3.81. The molecule has 0 fully saturated rings. The number of phenols is 1. The van der Waals surface area contributed by atoms with Gasteiger partial charge in [0.05, 0.1) is 11.3 Å². The van der Waals surface area contributed by atoms with Crippen molar-refractivity contribution in [2.24, 2.45) is 7.05 Å². The Bertz CT molecular complexity index is 570. The summed E-state index contributed by atoms with van der Waals surface area (Å²) in [5, 5.41) is 13.5. The summed E-state index contributed by atoms with van der Waals surface area (Å²) < 4.78 is 39.0. The first-order valence-corrected chi connectivity index (χ1v) is 4.99. The summed E-state index contributed by atoms with van der Waals surface area (Å²) in [7, 11) is 1.56. The van der Waals surface area contributed by atoms with E-state index in [2.05, 4.69) is 5.10 Å². The highest BCUT2D eigenvalue weighted by Gasteiger charge is 2.31. The van der Waals surface area contributed by atoms with Crippen LogP contribution in [0.2, 0.25) is 0 Å². The summed E-state index contributed by atoms with van der Waals surface area (Å²) in [6, 6.07) is 4.04. The summed E-state index contributed by atoms with van der Waals surface area (Å²) >= 11 is 0. The molecule has 0 saturated carbocycles. The molecule has 0 amide bonds. The number of aryl methyl sites for hydroxylation is 1. The summed E-state index contributed by atoms with van der Waals surface area (Å²) in [5.41, 5.74) is 4.89. The van der Waals surface area contributed by atoms with E-state index in [1.807, 2.05) is 0 Å². The van der Waals surface area contributed by atoms with Crippen LogP contribution in [0.4, 0.5) is 19.0 Å². The van der Waals surface area contributed by atoms with Crippen LogP contribution < -0.4 is 5.73 Å². The predicted molar refractivity (Wildman–Crippen MR) is 59.7 cm³/mol. The molecule has 1 aromatic carbocycles. The number of aromatic nitrogens is 2. The fourth-order valence-electron chi connectivity index (χ4n) is 1.53. The maximum absolute atomic E-state index is 12.6. The van der Waals surface area contributed by atoms with Crippen molar-refractivity contribution in [3.05, 3.63) is 29.8 Å². The van der Waals surface area contributed by atoms with Gasteiger partial charge in [-0.2, -0.15) is 18.3 Å². The Morgan fingerprint density at radius 1 is 1.28 bits per heavy atom. The number of nitrogen functional groups attached to an aromatic ring is 1. The highest BCUT2D eigenvalue weighted by molar-refractivity contribution is 5.69. The van der Waals surface area contributed by atoms with E-state index in [4.69, 9.17) is 5.73 Å². The Balaban J connectivity index is 2.56. The third-order valence-corrected chi connectivity index (χ3v) is 2.52. The molecule has 1 aromatic heterocycles. The Labute approximate surface area is 100 Å². The minimum atomic E-state index is -4.47. The molecule has 0 spiro atoms. The zero-order valence-electron chi connectivity index (χ0n) is 9.36. The molecule has 0 aliphatic heterocycles. The molecule has 2 rings (SSSR count). The Morgan fingerprint density at radius 3 is 2.44 bits per heavy atom. The fourth-order valence-corrected chi connectivity index (χ4v) is 1.53. The number of phenolic OH excluding ortho intramolecular Hbond substituents is 1. The number of benzene rings is 1. The average Bonchev–Trinajstić information content (AvgIpc) is 2.58. The van der Waals surface area contributed by atoms with Gasteiger partial charge in [-0.25, -0.2) is 0 Å². The van der Waals surface area contributed by atoms with Gasteiger partial charge in [0.15, 0.2) is 0 Å². The standard InChI is InChI=1S/C11H10F3N3O/c1-17-10(15)5-8(16-17)7-4-6(11(12,13)14)2-3-9(7)18/h2-5,18H,15H2,1H3. The van der Waals surface area contributed by atoms with Crippen LogP contribution in [0, 0.1) is 0 Å². The smallest absolute Gasteiger partial charge is 0.416 e. The molecule has 0 unspecified atom stereocenters. The lowest BCUT2D eigenvalue weighted by molar-refractivity contribution is -0.137. The van der Waals surface area contributed by atoms with E-state index in [-0.39, 0.29) is 17.0 Å². The summed E-state index contributed by atoms with van der Waals surface area (Å²) in [4.78, 5) is 0. The van der Waals surface area contributed by atoms with Crippen molar-refractivity contribution in [1.29, 1.82) is 0 Å². The number of halogens is 3. The summed E-state index contributed by atoms with van der Waals surface area (Å²) in [5.74, 6) is 0.0166. The molecule has 0 bridgehead atoms. The molecule has 18 heavy (non-hydrogen) atoms. The van der Waals surface area contributed by atoms with Crippen LogP contribution in [0.3, 0.4) is 0 Å². The van der Waals surface area contributed by atoms with Crippen LogP contribution in [-0.2, 0) is 13.2 Å². The molecule has 7 heteroatoms. The Hall–Kier alpha value is -2.18. The minimum absolute atomic E-state index is 0.00266. The normalized spacial score (nSPS) is 11.8. The number of rotatable bonds is 1. The Morgan fingerprint density at radius 2 is 1.94 bits per heavy atom. The van der Waals surface area contributed by atoms with E-state index >= 15 is 0 Å². The monoisotopic (exact) mass is 257 g/mol. The summed E-state index contributed by atoms with van der Waals surface area (Å²) in [6.45, 7) is 0.